The van der Waals surface area contributed by atoms with Gasteiger partial charge in [-0.25, -0.2) is 0 Å². The van der Waals surface area contributed by atoms with Crippen molar-refractivity contribution in [3.8, 4) is 11.5 Å². The topological polar surface area (TPSA) is 80.9 Å². The van der Waals surface area contributed by atoms with Gasteiger partial charge in [0.05, 0.1) is 10.8 Å². The van der Waals surface area contributed by atoms with E-state index in [2.05, 4.69) is 20.5 Å². The van der Waals surface area contributed by atoms with Crippen LogP contribution in [0.5, 0.6) is 0 Å². The number of carbonyl (C=O) groups is 1. The van der Waals surface area contributed by atoms with Gasteiger partial charge >= 0.3 is 0 Å². The number of hydrogen-bond acceptors (Lipinski definition) is 6. The van der Waals surface area contributed by atoms with Gasteiger partial charge in [-0.2, -0.15) is 0 Å². The van der Waals surface area contributed by atoms with Crippen molar-refractivity contribution < 1.29 is 9.21 Å². The summed E-state index contributed by atoms with van der Waals surface area (Å²) < 4.78 is 5.56. The summed E-state index contributed by atoms with van der Waals surface area (Å²) in [6.07, 6.45) is 3.32. The second-order valence-electron chi connectivity index (χ2n) is 4.73. The minimum Gasteiger partial charge on any atom is -0.411 e. The molecule has 0 aliphatic rings. The van der Waals surface area contributed by atoms with Crippen LogP contribution >= 0.6 is 11.8 Å². The summed E-state index contributed by atoms with van der Waals surface area (Å²) >= 11 is 1.21. The molecule has 0 aliphatic carbocycles. The summed E-state index contributed by atoms with van der Waals surface area (Å²) in [5, 5.41) is 10.8. The van der Waals surface area contributed by atoms with E-state index in [0.717, 1.165) is 11.3 Å². The average Bonchev–Trinajstić information content (AvgIpc) is 3.05. The molecule has 0 bridgehead atoms. The zero-order valence-corrected chi connectivity index (χ0v) is 13.2. The Morgan fingerprint density at radius 2 is 2.00 bits per heavy atom. The molecule has 6 nitrogen and oxygen atoms in total. The van der Waals surface area contributed by atoms with Crippen LogP contribution in [-0.2, 0) is 4.79 Å². The van der Waals surface area contributed by atoms with Crippen LogP contribution in [0.15, 0.2) is 64.5 Å². The lowest BCUT2D eigenvalue weighted by atomic mass is 10.3. The Bertz CT molecular complexity index is 777. The second kappa shape index (κ2) is 7.06. The quantitative estimate of drug-likeness (QED) is 0.725. The van der Waals surface area contributed by atoms with E-state index < -0.39 is 0 Å². The van der Waals surface area contributed by atoms with Gasteiger partial charge in [0.1, 0.15) is 0 Å². The molecule has 116 valence electrons. The van der Waals surface area contributed by atoms with Crippen molar-refractivity contribution in [2.45, 2.75) is 17.4 Å². The highest BCUT2D eigenvalue weighted by Gasteiger charge is 2.18. The predicted octanol–water partition coefficient (Wildman–Crippen LogP) is 3.25. The summed E-state index contributed by atoms with van der Waals surface area (Å²) in [6, 6.07) is 12.9. The minimum absolute atomic E-state index is 0.123. The van der Waals surface area contributed by atoms with Crippen molar-refractivity contribution in [2.75, 3.05) is 5.32 Å². The first kappa shape index (κ1) is 15.2. The summed E-state index contributed by atoms with van der Waals surface area (Å²) in [4.78, 5) is 16.2. The number of hydrogen-bond donors (Lipinski definition) is 1. The Morgan fingerprint density at radius 3 is 2.74 bits per heavy atom. The van der Waals surface area contributed by atoms with Gasteiger partial charge in [0.25, 0.3) is 5.22 Å². The molecule has 2 heterocycles. The Labute approximate surface area is 137 Å². The minimum atomic E-state index is -0.364. The molecule has 0 aliphatic heterocycles. The molecular weight excluding hydrogens is 312 g/mol. The third-order valence-corrected chi connectivity index (χ3v) is 3.94. The van der Waals surface area contributed by atoms with Crippen molar-refractivity contribution in [3.63, 3.8) is 0 Å². The van der Waals surface area contributed by atoms with Crippen molar-refractivity contribution >= 4 is 23.4 Å². The van der Waals surface area contributed by atoms with Crippen LogP contribution < -0.4 is 5.32 Å². The van der Waals surface area contributed by atoms with Crippen LogP contribution in [0.25, 0.3) is 11.5 Å². The zero-order chi connectivity index (χ0) is 16.1. The van der Waals surface area contributed by atoms with Gasteiger partial charge in [-0.3, -0.25) is 9.78 Å². The summed E-state index contributed by atoms with van der Waals surface area (Å²) in [7, 11) is 0. The zero-order valence-electron chi connectivity index (χ0n) is 12.3. The third-order valence-electron chi connectivity index (χ3n) is 3.00. The molecule has 3 rings (SSSR count). The first-order chi connectivity index (χ1) is 11.2. The van der Waals surface area contributed by atoms with E-state index in [1.54, 1.807) is 25.4 Å². The molecule has 0 saturated heterocycles. The maximum Gasteiger partial charge on any atom is 0.277 e. The molecule has 1 amide bonds. The van der Waals surface area contributed by atoms with E-state index in [1.807, 2.05) is 36.4 Å². The first-order valence-electron chi connectivity index (χ1n) is 6.99. The van der Waals surface area contributed by atoms with E-state index in [1.165, 1.54) is 11.8 Å². The fourth-order valence-electron chi connectivity index (χ4n) is 1.83. The van der Waals surface area contributed by atoms with Crippen LogP contribution in [-0.4, -0.2) is 26.3 Å². The number of para-hydroxylation sites is 1. The van der Waals surface area contributed by atoms with Crippen LogP contribution in [0.2, 0.25) is 0 Å². The highest BCUT2D eigenvalue weighted by Crippen LogP contribution is 2.26. The highest BCUT2D eigenvalue weighted by molar-refractivity contribution is 8.00. The van der Waals surface area contributed by atoms with Gasteiger partial charge < -0.3 is 9.73 Å². The molecule has 23 heavy (non-hydrogen) atoms. The van der Waals surface area contributed by atoms with Crippen LogP contribution in [0.1, 0.15) is 6.92 Å². The first-order valence-corrected chi connectivity index (χ1v) is 7.87. The maximum atomic E-state index is 12.2. The molecular formula is C16H14N4O2S. The van der Waals surface area contributed by atoms with Gasteiger partial charge in [-0.15, -0.1) is 10.2 Å². The van der Waals surface area contributed by atoms with Crippen LogP contribution in [0.4, 0.5) is 5.69 Å². The molecule has 7 heteroatoms. The number of anilines is 1. The van der Waals surface area contributed by atoms with Crippen molar-refractivity contribution in [2.24, 2.45) is 0 Å². The number of nitrogens with zero attached hydrogens (tertiary/aromatic N) is 3. The van der Waals surface area contributed by atoms with Gasteiger partial charge in [0.15, 0.2) is 0 Å². The van der Waals surface area contributed by atoms with Gasteiger partial charge in [0, 0.05) is 18.1 Å². The number of nitrogens with one attached hydrogen (secondary N) is 1. The largest absolute Gasteiger partial charge is 0.411 e. The number of thioether (sulfide) groups is 1. The lowest BCUT2D eigenvalue weighted by Crippen LogP contribution is -2.22. The fourth-order valence-corrected chi connectivity index (χ4v) is 2.52. The summed E-state index contributed by atoms with van der Waals surface area (Å²) in [6.45, 7) is 1.79. The molecule has 0 fully saturated rings. The van der Waals surface area contributed by atoms with E-state index in [9.17, 15) is 4.79 Å². The highest BCUT2D eigenvalue weighted by atomic mass is 32.2. The van der Waals surface area contributed by atoms with Gasteiger partial charge in [0.2, 0.25) is 11.8 Å². The van der Waals surface area contributed by atoms with E-state index in [-0.39, 0.29) is 11.2 Å². The standard InChI is InChI=1S/C16H14N4O2S/c1-11(14(21)18-13-7-3-2-4-8-13)23-16-20-19-15(22-16)12-6-5-9-17-10-12/h2-11H,1H3,(H,18,21)/t11-/m1/s1. The summed E-state index contributed by atoms with van der Waals surface area (Å²) in [5.74, 6) is 0.263. The molecule has 0 saturated carbocycles. The van der Waals surface area contributed by atoms with Crippen molar-refractivity contribution in [1.82, 2.24) is 15.2 Å². The number of pyridine rings is 1. The molecule has 0 radical (unpaired) electrons. The Balaban J connectivity index is 1.63. The predicted molar refractivity (Wildman–Crippen MR) is 87.9 cm³/mol. The van der Waals surface area contributed by atoms with Crippen LogP contribution in [0.3, 0.4) is 0 Å². The van der Waals surface area contributed by atoms with Crippen molar-refractivity contribution in [1.29, 1.82) is 0 Å². The fraction of sp³-hybridized carbons (Fsp3) is 0.125. The van der Waals surface area contributed by atoms with E-state index in [4.69, 9.17) is 4.42 Å². The number of aromatic nitrogens is 3. The Morgan fingerprint density at radius 1 is 1.17 bits per heavy atom. The van der Waals surface area contributed by atoms with Gasteiger partial charge in [-0.05, 0) is 31.2 Å². The van der Waals surface area contributed by atoms with E-state index in [0.29, 0.717) is 11.1 Å². The third kappa shape index (κ3) is 3.95. The molecule has 0 spiro atoms. The lowest BCUT2D eigenvalue weighted by Gasteiger charge is -2.09. The number of rotatable bonds is 5. The molecule has 1 N–H and O–H groups in total. The second-order valence-corrected chi connectivity index (χ2v) is 6.02. The number of carbonyl (C=O) groups excluding carboxylic acids is 1. The molecule has 1 aromatic carbocycles. The molecule has 1 atom stereocenters. The lowest BCUT2D eigenvalue weighted by molar-refractivity contribution is -0.115. The normalized spacial score (nSPS) is 11.9. The van der Waals surface area contributed by atoms with E-state index >= 15 is 0 Å². The maximum absolute atomic E-state index is 12.2. The van der Waals surface area contributed by atoms with Crippen LogP contribution in [0, 0.1) is 0 Å². The Kier molecular flexibility index (Phi) is 4.68. The summed E-state index contributed by atoms with van der Waals surface area (Å²) in [5.41, 5.74) is 1.50. The van der Waals surface area contributed by atoms with Gasteiger partial charge in [-0.1, -0.05) is 30.0 Å². The average molecular weight is 326 g/mol. The molecule has 2 aromatic heterocycles. The molecule has 3 aromatic rings. The monoisotopic (exact) mass is 326 g/mol. The Hall–Kier alpha value is -2.67. The number of amides is 1. The molecule has 0 unspecified atom stereocenters. The van der Waals surface area contributed by atoms with Crippen molar-refractivity contribution in [3.05, 3.63) is 54.9 Å². The number of benzene rings is 1. The smallest absolute Gasteiger partial charge is 0.277 e. The SMILES string of the molecule is C[C@@H](Sc1nnc(-c2cccnc2)o1)C(=O)Nc1ccccc1.